The SMILES string of the molecule is O=C(NCC[C@H]1CCc2ccccc2N1)c1cnc2n1CCCCC2. The molecule has 0 aliphatic carbocycles. The molecule has 2 aliphatic rings. The lowest BCUT2D eigenvalue weighted by Gasteiger charge is -2.27. The highest BCUT2D eigenvalue weighted by atomic mass is 16.1. The third-order valence-electron chi connectivity index (χ3n) is 5.37. The van der Waals surface area contributed by atoms with Gasteiger partial charge in [-0.3, -0.25) is 4.79 Å². The highest BCUT2D eigenvalue weighted by Crippen LogP contribution is 2.25. The minimum Gasteiger partial charge on any atom is -0.382 e. The fraction of sp³-hybridized carbons (Fsp3) is 0.500. The first-order valence-corrected chi connectivity index (χ1v) is 9.48. The molecule has 2 aliphatic heterocycles. The third kappa shape index (κ3) is 3.55. The summed E-state index contributed by atoms with van der Waals surface area (Å²) < 4.78 is 2.11. The number of carbonyl (C=O) groups excluding carboxylic acids is 1. The molecule has 0 spiro atoms. The molecular weight excluding hydrogens is 312 g/mol. The third-order valence-corrected chi connectivity index (χ3v) is 5.37. The molecule has 1 aromatic heterocycles. The van der Waals surface area contributed by atoms with Crippen LogP contribution in [0, 0.1) is 0 Å². The van der Waals surface area contributed by atoms with Gasteiger partial charge in [-0.05, 0) is 43.7 Å². The number of benzene rings is 1. The molecule has 1 atom stereocenters. The van der Waals surface area contributed by atoms with E-state index in [2.05, 4.69) is 44.5 Å². The summed E-state index contributed by atoms with van der Waals surface area (Å²) in [5.41, 5.74) is 3.36. The Labute approximate surface area is 148 Å². The Morgan fingerprint density at radius 2 is 2.16 bits per heavy atom. The summed E-state index contributed by atoms with van der Waals surface area (Å²) in [5, 5.41) is 6.68. The van der Waals surface area contributed by atoms with Gasteiger partial charge in [0.2, 0.25) is 0 Å². The van der Waals surface area contributed by atoms with Crippen LogP contribution in [0.25, 0.3) is 0 Å². The summed E-state index contributed by atoms with van der Waals surface area (Å²) in [6, 6.07) is 8.92. The van der Waals surface area contributed by atoms with Crippen molar-refractivity contribution in [2.45, 2.75) is 57.5 Å². The van der Waals surface area contributed by atoms with E-state index in [4.69, 9.17) is 0 Å². The molecule has 2 aromatic rings. The zero-order valence-electron chi connectivity index (χ0n) is 14.6. The van der Waals surface area contributed by atoms with Crippen molar-refractivity contribution in [2.24, 2.45) is 0 Å². The van der Waals surface area contributed by atoms with Crippen LogP contribution in [0.2, 0.25) is 0 Å². The standard InChI is InChI=1S/C20H26N4O/c25-20(18-14-22-19-8-2-1-5-13-24(18)19)21-12-11-16-10-9-15-6-3-4-7-17(15)23-16/h3-4,6-7,14,16,23H,1-2,5,8-13H2,(H,21,25)/t16-/m1/s1. The number of anilines is 1. The number of aryl methyl sites for hydroxylation is 2. The van der Waals surface area contributed by atoms with Crippen molar-refractivity contribution < 1.29 is 4.79 Å². The first-order valence-electron chi connectivity index (χ1n) is 9.48. The molecule has 3 heterocycles. The maximum atomic E-state index is 12.5. The number of hydrogen-bond donors (Lipinski definition) is 2. The van der Waals surface area contributed by atoms with Gasteiger partial charge in [0.1, 0.15) is 11.5 Å². The van der Waals surface area contributed by atoms with Crippen LogP contribution in [0.3, 0.4) is 0 Å². The lowest BCUT2D eigenvalue weighted by molar-refractivity contribution is 0.0943. The van der Waals surface area contributed by atoms with Crippen molar-refractivity contribution in [1.29, 1.82) is 0 Å². The Morgan fingerprint density at radius 3 is 3.12 bits per heavy atom. The van der Waals surface area contributed by atoms with Crippen LogP contribution < -0.4 is 10.6 Å². The minimum absolute atomic E-state index is 0.0110. The second-order valence-corrected chi connectivity index (χ2v) is 7.10. The number of rotatable bonds is 4. The van der Waals surface area contributed by atoms with Crippen molar-refractivity contribution in [1.82, 2.24) is 14.9 Å². The topological polar surface area (TPSA) is 59.0 Å². The minimum atomic E-state index is 0.0110. The van der Waals surface area contributed by atoms with Crippen LogP contribution in [0.1, 0.15) is 54.0 Å². The number of fused-ring (bicyclic) bond motifs is 2. The lowest BCUT2D eigenvalue weighted by atomic mass is 9.96. The van der Waals surface area contributed by atoms with E-state index in [1.165, 1.54) is 24.1 Å². The largest absolute Gasteiger partial charge is 0.382 e. The van der Waals surface area contributed by atoms with E-state index in [1.807, 2.05) is 0 Å². The predicted octanol–water partition coefficient (Wildman–Crippen LogP) is 3.16. The van der Waals surface area contributed by atoms with Crippen LogP contribution >= 0.6 is 0 Å². The smallest absolute Gasteiger partial charge is 0.269 e. The maximum Gasteiger partial charge on any atom is 0.269 e. The normalized spacial score (nSPS) is 19.3. The fourth-order valence-corrected chi connectivity index (χ4v) is 3.94. The molecule has 5 nitrogen and oxygen atoms in total. The average Bonchev–Trinajstić information content (AvgIpc) is 2.90. The van der Waals surface area contributed by atoms with Gasteiger partial charge < -0.3 is 15.2 Å². The van der Waals surface area contributed by atoms with Crippen LogP contribution in [0.5, 0.6) is 0 Å². The molecule has 1 aromatic carbocycles. The summed E-state index contributed by atoms with van der Waals surface area (Å²) in [5.74, 6) is 1.07. The monoisotopic (exact) mass is 338 g/mol. The van der Waals surface area contributed by atoms with Crippen LogP contribution in [-0.2, 0) is 19.4 Å². The lowest BCUT2D eigenvalue weighted by Crippen LogP contribution is -2.33. The molecule has 1 amide bonds. The molecule has 5 heteroatoms. The zero-order valence-corrected chi connectivity index (χ0v) is 14.6. The van der Waals surface area contributed by atoms with E-state index < -0.39 is 0 Å². The number of nitrogens with zero attached hydrogens (tertiary/aromatic N) is 2. The van der Waals surface area contributed by atoms with Crippen LogP contribution in [-0.4, -0.2) is 28.0 Å². The van der Waals surface area contributed by atoms with E-state index in [0.29, 0.717) is 12.6 Å². The Balaban J connectivity index is 1.31. The Hall–Kier alpha value is -2.30. The summed E-state index contributed by atoms with van der Waals surface area (Å²) >= 11 is 0. The first-order chi connectivity index (χ1) is 12.3. The number of imidazole rings is 1. The Kier molecular flexibility index (Phi) is 4.72. The van der Waals surface area contributed by atoms with Crippen LogP contribution in [0.4, 0.5) is 5.69 Å². The number of nitrogens with one attached hydrogen (secondary N) is 2. The first kappa shape index (κ1) is 16.2. The number of carbonyl (C=O) groups is 1. The van der Waals surface area contributed by atoms with Gasteiger partial charge in [-0.15, -0.1) is 0 Å². The van der Waals surface area contributed by atoms with Gasteiger partial charge in [-0.2, -0.15) is 0 Å². The average molecular weight is 338 g/mol. The summed E-state index contributed by atoms with van der Waals surface area (Å²) in [6.45, 7) is 1.61. The second-order valence-electron chi connectivity index (χ2n) is 7.10. The van der Waals surface area contributed by atoms with E-state index >= 15 is 0 Å². The van der Waals surface area contributed by atoms with Gasteiger partial charge in [0.05, 0.1) is 6.20 Å². The summed E-state index contributed by atoms with van der Waals surface area (Å²) in [4.78, 5) is 17.0. The van der Waals surface area contributed by atoms with E-state index in [9.17, 15) is 4.79 Å². The molecule has 25 heavy (non-hydrogen) atoms. The summed E-state index contributed by atoms with van der Waals surface area (Å²) in [7, 11) is 0. The van der Waals surface area contributed by atoms with Crippen molar-refractivity contribution in [2.75, 3.05) is 11.9 Å². The molecule has 2 N–H and O–H groups in total. The second kappa shape index (κ2) is 7.30. The molecule has 4 rings (SSSR count). The number of para-hydroxylation sites is 1. The molecule has 0 fully saturated rings. The molecule has 0 unspecified atom stereocenters. The van der Waals surface area contributed by atoms with Crippen molar-refractivity contribution in [3.8, 4) is 0 Å². The maximum absolute atomic E-state index is 12.5. The van der Waals surface area contributed by atoms with E-state index in [0.717, 1.165) is 50.2 Å². The molecule has 0 saturated carbocycles. The van der Waals surface area contributed by atoms with Gasteiger partial charge in [-0.25, -0.2) is 4.98 Å². The van der Waals surface area contributed by atoms with Gasteiger partial charge in [0.25, 0.3) is 5.91 Å². The van der Waals surface area contributed by atoms with Gasteiger partial charge >= 0.3 is 0 Å². The molecule has 0 saturated heterocycles. The van der Waals surface area contributed by atoms with E-state index in [1.54, 1.807) is 6.20 Å². The quantitative estimate of drug-likeness (QED) is 0.900. The van der Waals surface area contributed by atoms with Crippen molar-refractivity contribution in [3.05, 3.63) is 47.5 Å². The Bertz CT molecular complexity index is 752. The van der Waals surface area contributed by atoms with Gasteiger partial charge in [0, 0.05) is 31.2 Å². The van der Waals surface area contributed by atoms with Crippen molar-refractivity contribution in [3.63, 3.8) is 0 Å². The molecule has 0 radical (unpaired) electrons. The van der Waals surface area contributed by atoms with E-state index in [-0.39, 0.29) is 5.91 Å². The van der Waals surface area contributed by atoms with Crippen molar-refractivity contribution >= 4 is 11.6 Å². The Morgan fingerprint density at radius 1 is 1.24 bits per heavy atom. The van der Waals surface area contributed by atoms with Gasteiger partial charge in [0.15, 0.2) is 0 Å². The zero-order chi connectivity index (χ0) is 17.1. The predicted molar refractivity (Wildman–Crippen MR) is 98.9 cm³/mol. The molecular formula is C20H26N4O. The van der Waals surface area contributed by atoms with Gasteiger partial charge in [-0.1, -0.05) is 24.6 Å². The highest BCUT2D eigenvalue weighted by Gasteiger charge is 2.20. The molecule has 0 bridgehead atoms. The van der Waals surface area contributed by atoms with Crippen LogP contribution in [0.15, 0.2) is 30.5 Å². The summed E-state index contributed by atoms with van der Waals surface area (Å²) in [6.07, 6.45) is 9.43. The number of amides is 1. The fourth-order valence-electron chi connectivity index (χ4n) is 3.94. The molecule has 132 valence electrons. The highest BCUT2D eigenvalue weighted by molar-refractivity contribution is 5.92. The number of hydrogen-bond acceptors (Lipinski definition) is 3. The number of aromatic nitrogens is 2.